The van der Waals surface area contributed by atoms with E-state index in [-0.39, 0.29) is 12.5 Å². The van der Waals surface area contributed by atoms with Crippen LogP contribution in [0.1, 0.15) is 24.7 Å². The molecule has 1 aromatic heterocycles. The van der Waals surface area contributed by atoms with Crippen molar-refractivity contribution in [3.8, 4) is 11.5 Å². The summed E-state index contributed by atoms with van der Waals surface area (Å²) in [6.45, 7) is 1.86. The van der Waals surface area contributed by atoms with Gasteiger partial charge in [0.2, 0.25) is 5.60 Å². The number of benzene rings is 2. The van der Waals surface area contributed by atoms with E-state index in [1.807, 2.05) is 60.7 Å². The van der Waals surface area contributed by atoms with Gasteiger partial charge in [0.15, 0.2) is 5.82 Å². The highest BCUT2D eigenvalue weighted by Gasteiger charge is 2.42. The Morgan fingerprint density at radius 1 is 1.07 bits per heavy atom. The second-order valence-corrected chi connectivity index (χ2v) is 6.47. The lowest BCUT2D eigenvalue weighted by Crippen LogP contribution is -2.44. The van der Waals surface area contributed by atoms with Gasteiger partial charge in [0, 0.05) is 12.0 Å². The van der Waals surface area contributed by atoms with Gasteiger partial charge in [-0.05, 0) is 24.6 Å². The number of rotatable bonds is 5. The van der Waals surface area contributed by atoms with Crippen LogP contribution in [-0.2, 0) is 16.2 Å². The average molecular weight is 362 g/mol. The van der Waals surface area contributed by atoms with Gasteiger partial charge in [0.05, 0.1) is 12.3 Å². The molecule has 1 N–H and O–H groups in total. The Balaban J connectivity index is 1.37. The van der Waals surface area contributed by atoms with Crippen LogP contribution in [0.25, 0.3) is 11.5 Å². The van der Waals surface area contributed by atoms with Crippen molar-refractivity contribution in [1.29, 1.82) is 0 Å². The molecule has 0 aliphatic carbocycles. The Morgan fingerprint density at radius 3 is 2.44 bits per heavy atom. The summed E-state index contributed by atoms with van der Waals surface area (Å²) in [4.78, 5) is 22.3. The van der Waals surface area contributed by atoms with Crippen molar-refractivity contribution in [2.75, 3.05) is 0 Å². The summed E-state index contributed by atoms with van der Waals surface area (Å²) in [5.41, 5.74) is 1.46. The summed E-state index contributed by atoms with van der Waals surface area (Å²) in [6, 6.07) is 19.1. The zero-order chi connectivity index (χ0) is 18.7. The van der Waals surface area contributed by atoms with Gasteiger partial charge < -0.3 is 14.7 Å². The van der Waals surface area contributed by atoms with Crippen LogP contribution >= 0.6 is 0 Å². The molecule has 1 aliphatic heterocycles. The van der Waals surface area contributed by atoms with Crippen LogP contribution in [-0.4, -0.2) is 27.4 Å². The average Bonchev–Trinajstić information content (AvgIpc) is 3.35. The first-order chi connectivity index (χ1) is 13.1. The molecule has 0 spiro atoms. The van der Waals surface area contributed by atoms with Crippen LogP contribution in [0.15, 0.2) is 70.3 Å². The van der Waals surface area contributed by atoms with Gasteiger partial charge in [-0.15, -0.1) is 0 Å². The predicted octanol–water partition coefficient (Wildman–Crippen LogP) is 2.94. The third kappa shape index (κ3) is 3.57. The molecule has 2 heterocycles. The first kappa shape index (κ1) is 17.0. The predicted molar refractivity (Wildman–Crippen MR) is 98.7 cm³/mol. The molecule has 27 heavy (non-hydrogen) atoms. The summed E-state index contributed by atoms with van der Waals surface area (Å²) in [7, 11) is 0. The van der Waals surface area contributed by atoms with Gasteiger partial charge in [-0.2, -0.15) is 4.98 Å². The van der Waals surface area contributed by atoms with E-state index in [0.29, 0.717) is 18.1 Å². The molecule has 4 rings (SSSR count). The Labute approximate surface area is 156 Å². The maximum absolute atomic E-state index is 12.6. The summed E-state index contributed by atoms with van der Waals surface area (Å²) < 4.78 is 5.24. The molecule has 0 saturated heterocycles. The van der Waals surface area contributed by atoms with E-state index < -0.39 is 5.60 Å². The fourth-order valence-electron chi connectivity index (χ4n) is 2.82. The number of hydrogen-bond donors (Lipinski definition) is 1. The zero-order valence-electron chi connectivity index (χ0n) is 14.8. The molecule has 0 saturated carbocycles. The molecule has 2 aromatic carbocycles. The van der Waals surface area contributed by atoms with Gasteiger partial charge >= 0.3 is 0 Å². The molecule has 1 amide bonds. The lowest BCUT2D eigenvalue weighted by atomic mass is 9.95. The largest absolute Gasteiger partial charge is 0.379 e. The molecule has 136 valence electrons. The summed E-state index contributed by atoms with van der Waals surface area (Å²) in [5, 5.41) is 10.8. The monoisotopic (exact) mass is 362 g/mol. The molecule has 0 bridgehead atoms. The minimum absolute atomic E-state index is 0.148. The van der Waals surface area contributed by atoms with Crippen molar-refractivity contribution in [1.82, 2.24) is 15.5 Å². The van der Waals surface area contributed by atoms with Crippen LogP contribution in [0.3, 0.4) is 0 Å². The number of amides is 1. The van der Waals surface area contributed by atoms with E-state index in [1.165, 1.54) is 0 Å². The number of carbonyl (C=O) groups is 1. The van der Waals surface area contributed by atoms with E-state index in [9.17, 15) is 4.79 Å². The molecule has 0 fully saturated rings. The first-order valence-electron chi connectivity index (χ1n) is 8.61. The number of aromatic nitrogens is 2. The zero-order valence-corrected chi connectivity index (χ0v) is 14.8. The topological polar surface area (TPSA) is 89.6 Å². The second kappa shape index (κ2) is 7.03. The summed E-state index contributed by atoms with van der Waals surface area (Å²) >= 11 is 0. The van der Waals surface area contributed by atoms with Crippen molar-refractivity contribution in [2.45, 2.75) is 25.5 Å². The minimum Gasteiger partial charge on any atom is -0.379 e. The maximum atomic E-state index is 12.6. The Morgan fingerprint density at radius 2 is 1.74 bits per heavy atom. The Hall–Kier alpha value is -3.48. The highest BCUT2D eigenvalue weighted by atomic mass is 16.7. The minimum atomic E-state index is -1.06. The molecule has 1 unspecified atom stereocenters. The van der Waals surface area contributed by atoms with E-state index in [1.54, 1.807) is 6.92 Å². The third-order valence-corrected chi connectivity index (χ3v) is 4.35. The standard InChI is InChI=1S/C20H18N4O3/c1-20(12-16(23-27-20)14-8-4-2-5-9-14)19(25)21-13-17-22-18(26-24-17)15-10-6-3-7-11-15/h2-11H,12-13H2,1H3,(H,21,25). The highest BCUT2D eigenvalue weighted by Crippen LogP contribution is 2.27. The maximum Gasteiger partial charge on any atom is 0.267 e. The fourth-order valence-corrected chi connectivity index (χ4v) is 2.82. The van der Waals surface area contributed by atoms with Gasteiger partial charge in [-0.1, -0.05) is 58.8 Å². The number of hydrogen-bond acceptors (Lipinski definition) is 6. The van der Waals surface area contributed by atoms with E-state index >= 15 is 0 Å². The molecular formula is C20H18N4O3. The van der Waals surface area contributed by atoms with Gasteiger partial charge in [-0.3, -0.25) is 4.79 Å². The fraction of sp³-hybridized carbons (Fsp3) is 0.200. The van der Waals surface area contributed by atoms with Gasteiger partial charge in [0.25, 0.3) is 11.8 Å². The Bertz CT molecular complexity index is 969. The summed E-state index contributed by atoms with van der Waals surface area (Å²) in [5.74, 6) is 0.536. The smallest absolute Gasteiger partial charge is 0.267 e. The van der Waals surface area contributed by atoms with Crippen molar-refractivity contribution < 1.29 is 14.2 Å². The van der Waals surface area contributed by atoms with Crippen LogP contribution < -0.4 is 5.32 Å². The molecular weight excluding hydrogens is 344 g/mol. The van der Waals surface area contributed by atoms with E-state index in [2.05, 4.69) is 20.6 Å². The second-order valence-electron chi connectivity index (χ2n) is 6.47. The third-order valence-electron chi connectivity index (χ3n) is 4.35. The van der Waals surface area contributed by atoms with Crippen molar-refractivity contribution in [2.24, 2.45) is 5.16 Å². The van der Waals surface area contributed by atoms with Crippen molar-refractivity contribution in [3.63, 3.8) is 0 Å². The number of carbonyl (C=O) groups excluding carboxylic acids is 1. The van der Waals surface area contributed by atoms with Crippen LogP contribution in [0, 0.1) is 0 Å². The SMILES string of the molecule is CC1(C(=O)NCc2noc(-c3ccccc3)n2)CC(c2ccccc2)=NO1. The normalized spacial score (nSPS) is 18.6. The van der Waals surface area contributed by atoms with Gasteiger partial charge in [0.1, 0.15) is 0 Å². The van der Waals surface area contributed by atoms with Crippen molar-refractivity contribution in [3.05, 3.63) is 72.1 Å². The van der Waals surface area contributed by atoms with Crippen LogP contribution in [0.4, 0.5) is 0 Å². The van der Waals surface area contributed by atoms with E-state index in [4.69, 9.17) is 9.36 Å². The van der Waals surface area contributed by atoms with Crippen LogP contribution in [0.2, 0.25) is 0 Å². The molecule has 1 atom stereocenters. The molecule has 3 aromatic rings. The van der Waals surface area contributed by atoms with Crippen LogP contribution in [0.5, 0.6) is 0 Å². The number of nitrogens with one attached hydrogen (secondary N) is 1. The lowest BCUT2D eigenvalue weighted by Gasteiger charge is -2.19. The molecule has 7 nitrogen and oxygen atoms in total. The Kier molecular flexibility index (Phi) is 4.42. The molecule has 1 aliphatic rings. The number of oxime groups is 1. The van der Waals surface area contributed by atoms with Crippen molar-refractivity contribution >= 4 is 11.6 Å². The highest BCUT2D eigenvalue weighted by molar-refractivity contribution is 6.05. The van der Waals surface area contributed by atoms with Gasteiger partial charge in [-0.25, -0.2) is 0 Å². The number of nitrogens with zero attached hydrogens (tertiary/aromatic N) is 3. The first-order valence-corrected chi connectivity index (χ1v) is 8.61. The lowest BCUT2D eigenvalue weighted by molar-refractivity contribution is -0.141. The summed E-state index contributed by atoms with van der Waals surface area (Å²) in [6.07, 6.45) is 0.393. The molecule has 7 heteroatoms. The molecule has 0 radical (unpaired) electrons. The van der Waals surface area contributed by atoms with E-state index in [0.717, 1.165) is 16.8 Å². The quantitative estimate of drug-likeness (QED) is 0.754.